The molecule has 2 atom stereocenters. The maximum Gasteiger partial charge on any atom is 0.258 e. The van der Waals surface area contributed by atoms with Gasteiger partial charge >= 0.3 is 0 Å². The van der Waals surface area contributed by atoms with Crippen molar-refractivity contribution in [3.05, 3.63) is 71.6 Å². The van der Waals surface area contributed by atoms with Gasteiger partial charge in [0.1, 0.15) is 23.3 Å². The van der Waals surface area contributed by atoms with Crippen LogP contribution in [0.2, 0.25) is 0 Å². The number of rotatable bonds is 5. The Kier molecular flexibility index (Phi) is 7.26. The molecular weight excluding hydrogens is 514 g/mol. The van der Waals surface area contributed by atoms with Crippen LogP contribution in [0.4, 0.5) is 34.6 Å². The van der Waals surface area contributed by atoms with Crippen molar-refractivity contribution in [2.75, 3.05) is 34.8 Å². The fraction of sp³-hybridized carbons (Fsp3) is 0.321. The molecule has 5 rings (SSSR count). The summed E-state index contributed by atoms with van der Waals surface area (Å²) in [6, 6.07) is 5.04. The van der Waals surface area contributed by atoms with Crippen LogP contribution in [0.25, 0.3) is 11.1 Å². The molecule has 2 aliphatic heterocycles. The van der Waals surface area contributed by atoms with E-state index in [2.05, 4.69) is 17.2 Å². The average Bonchev–Trinajstić information content (AvgIpc) is 3.31. The number of nitrogens with two attached hydrogens (primary N) is 1. The zero-order valence-electron chi connectivity index (χ0n) is 21.2. The number of carbonyl (C=O) groups excluding carboxylic acids is 2. The van der Waals surface area contributed by atoms with Gasteiger partial charge in [0.2, 0.25) is 5.91 Å². The summed E-state index contributed by atoms with van der Waals surface area (Å²) < 4.78 is 60.6. The summed E-state index contributed by atoms with van der Waals surface area (Å²) in [7, 11) is 0. The first kappa shape index (κ1) is 26.6. The number of hydrogen-bond acceptors (Lipinski definition) is 5. The minimum Gasteiger partial charge on any atom is -0.368 e. The number of anilines is 3. The standard InChI is InChI=1S/C28H27F4N5O2/c1-15-9-16(33)14-36(13-15)23-6-7-34-12-22(23)35-28(39)18-4-5-19(29)26(27(18)32)25-20(30)10-17(11-21(25)31)37-8-2-3-24(37)38/h4-7,10-12,15-16H,2-3,8-9,13-14,33H2,1H3,(H,35,39)/t15-,16+/m1/s1. The van der Waals surface area contributed by atoms with Crippen LogP contribution in [0.5, 0.6) is 0 Å². The largest absolute Gasteiger partial charge is 0.368 e. The molecule has 3 heterocycles. The van der Waals surface area contributed by atoms with Gasteiger partial charge in [-0.1, -0.05) is 6.92 Å². The van der Waals surface area contributed by atoms with Crippen LogP contribution in [0.1, 0.15) is 36.5 Å². The molecule has 7 nitrogen and oxygen atoms in total. The van der Waals surface area contributed by atoms with Crippen molar-refractivity contribution in [2.24, 2.45) is 11.7 Å². The molecule has 39 heavy (non-hydrogen) atoms. The van der Waals surface area contributed by atoms with Crippen molar-refractivity contribution >= 4 is 28.9 Å². The lowest BCUT2D eigenvalue weighted by Crippen LogP contribution is -2.46. The maximum atomic E-state index is 15.6. The Morgan fingerprint density at radius 2 is 1.79 bits per heavy atom. The van der Waals surface area contributed by atoms with Crippen LogP contribution in [-0.2, 0) is 4.79 Å². The molecule has 3 N–H and O–H groups in total. The fourth-order valence-corrected chi connectivity index (χ4v) is 5.38. The van der Waals surface area contributed by atoms with Crippen molar-refractivity contribution in [3.63, 3.8) is 0 Å². The molecule has 2 saturated heterocycles. The quantitative estimate of drug-likeness (QED) is 0.451. The van der Waals surface area contributed by atoms with Crippen molar-refractivity contribution in [3.8, 4) is 11.1 Å². The number of piperidine rings is 1. The van der Waals surface area contributed by atoms with Crippen molar-refractivity contribution in [1.29, 1.82) is 0 Å². The highest BCUT2D eigenvalue weighted by Gasteiger charge is 2.29. The minimum atomic E-state index is -1.42. The zero-order chi connectivity index (χ0) is 27.8. The summed E-state index contributed by atoms with van der Waals surface area (Å²) in [5.41, 5.74) is 4.45. The normalized spacial score (nSPS) is 19.5. The van der Waals surface area contributed by atoms with E-state index < -0.39 is 45.9 Å². The molecule has 0 saturated carbocycles. The molecule has 2 aliphatic rings. The van der Waals surface area contributed by atoms with Gasteiger partial charge in [-0.3, -0.25) is 14.6 Å². The maximum absolute atomic E-state index is 15.6. The fourth-order valence-electron chi connectivity index (χ4n) is 5.38. The molecule has 0 radical (unpaired) electrons. The van der Waals surface area contributed by atoms with Crippen molar-refractivity contribution in [2.45, 2.75) is 32.2 Å². The van der Waals surface area contributed by atoms with Crippen LogP contribution in [0, 0.1) is 29.2 Å². The number of hydrogen-bond donors (Lipinski definition) is 2. The molecule has 2 fully saturated rings. The number of nitrogens with one attached hydrogen (secondary N) is 1. The third-order valence-electron chi connectivity index (χ3n) is 7.08. The van der Waals surface area contributed by atoms with E-state index in [0.29, 0.717) is 31.1 Å². The number of halogens is 4. The van der Waals surface area contributed by atoms with Gasteiger partial charge in [-0.25, -0.2) is 17.6 Å². The number of aromatic nitrogens is 1. The van der Waals surface area contributed by atoms with Gasteiger partial charge in [-0.05, 0) is 49.1 Å². The van der Waals surface area contributed by atoms with Gasteiger partial charge in [0.05, 0.1) is 34.3 Å². The Morgan fingerprint density at radius 1 is 1.05 bits per heavy atom. The molecule has 1 aromatic heterocycles. The van der Waals surface area contributed by atoms with E-state index in [1.165, 1.54) is 11.1 Å². The predicted molar refractivity (Wildman–Crippen MR) is 139 cm³/mol. The first-order valence-electron chi connectivity index (χ1n) is 12.7. The molecule has 0 unspecified atom stereocenters. The van der Waals surface area contributed by atoms with E-state index in [4.69, 9.17) is 5.73 Å². The number of carbonyl (C=O) groups is 2. The Morgan fingerprint density at radius 3 is 2.46 bits per heavy atom. The third kappa shape index (κ3) is 5.18. The predicted octanol–water partition coefficient (Wildman–Crippen LogP) is 4.86. The molecule has 0 aliphatic carbocycles. The molecule has 204 valence electrons. The van der Waals surface area contributed by atoms with Crippen LogP contribution >= 0.6 is 0 Å². The molecule has 2 aromatic carbocycles. The van der Waals surface area contributed by atoms with E-state index in [0.717, 1.165) is 30.7 Å². The monoisotopic (exact) mass is 541 g/mol. The summed E-state index contributed by atoms with van der Waals surface area (Å²) in [6.45, 7) is 3.58. The Hall–Kier alpha value is -3.99. The number of pyridine rings is 1. The SMILES string of the molecule is C[C@@H]1C[C@H](N)CN(c2ccncc2NC(=O)c2ccc(F)c(-c3c(F)cc(N4CCCC4=O)cc3F)c2F)C1. The van der Waals surface area contributed by atoms with E-state index in [1.54, 1.807) is 12.3 Å². The van der Waals surface area contributed by atoms with Crippen LogP contribution < -0.4 is 20.9 Å². The molecule has 0 spiro atoms. The van der Waals surface area contributed by atoms with E-state index in [-0.39, 0.29) is 36.3 Å². The van der Waals surface area contributed by atoms with Crippen molar-refractivity contribution in [1.82, 2.24) is 4.98 Å². The van der Waals surface area contributed by atoms with Gasteiger partial charge in [-0.2, -0.15) is 0 Å². The molecular formula is C28H27F4N5O2. The summed E-state index contributed by atoms with van der Waals surface area (Å²) in [6.07, 6.45) is 4.59. The Balaban J connectivity index is 1.47. The van der Waals surface area contributed by atoms with Gasteiger partial charge in [0.25, 0.3) is 5.91 Å². The lowest BCUT2D eigenvalue weighted by atomic mass is 9.96. The topological polar surface area (TPSA) is 91.6 Å². The second-order valence-electron chi connectivity index (χ2n) is 10.1. The van der Waals surface area contributed by atoms with Gasteiger partial charge in [0.15, 0.2) is 0 Å². The Bertz CT molecular complexity index is 1420. The van der Waals surface area contributed by atoms with Gasteiger partial charge in [-0.15, -0.1) is 0 Å². The van der Waals surface area contributed by atoms with Crippen LogP contribution in [0.15, 0.2) is 42.7 Å². The van der Waals surface area contributed by atoms with E-state index in [1.807, 2.05) is 4.90 Å². The van der Waals surface area contributed by atoms with Crippen LogP contribution in [0.3, 0.4) is 0 Å². The van der Waals surface area contributed by atoms with E-state index in [9.17, 15) is 14.0 Å². The second-order valence-corrected chi connectivity index (χ2v) is 10.1. The van der Waals surface area contributed by atoms with Gasteiger partial charge in [0, 0.05) is 44.0 Å². The first-order valence-corrected chi connectivity index (χ1v) is 12.7. The lowest BCUT2D eigenvalue weighted by molar-refractivity contribution is -0.117. The van der Waals surface area contributed by atoms with Crippen LogP contribution in [-0.4, -0.2) is 42.5 Å². The molecule has 2 amide bonds. The zero-order valence-corrected chi connectivity index (χ0v) is 21.2. The summed E-state index contributed by atoms with van der Waals surface area (Å²) >= 11 is 0. The third-order valence-corrected chi connectivity index (χ3v) is 7.08. The summed E-state index contributed by atoms with van der Waals surface area (Å²) in [5, 5.41) is 2.60. The van der Waals surface area contributed by atoms with E-state index >= 15 is 13.2 Å². The number of amides is 2. The van der Waals surface area contributed by atoms with Crippen molar-refractivity contribution < 1.29 is 27.2 Å². The average molecular weight is 542 g/mol. The molecule has 0 bridgehead atoms. The highest BCUT2D eigenvalue weighted by molar-refractivity contribution is 6.06. The molecule has 3 aromatic rings. The number of nitrogens with zero attached hydrogens (tertiary/aromatic N) is 3. The van der Waals surface area contributed by atoms with Gasteiger partial charge < -0.3 is 20.9 Å². The highest BCUT2D eigenvalue weighted by Crippen LogP contribution is 2.36. The molecule has 11 heteroatoms. The summed E-state index contributed by atoms with van der Waals surface area (Å²) in [4.78, 5) is 32.4. The smallest absolute Gasteiger partial charge is 0.258 e. The summed E-state index contributed by atoms with van der Waals surface area (Å²) in [5.74, 6) is -6.12. The lowest BCUT2D eigenvalue weighted by Gasteiger charge is -2.37. The first-order chi connectivity index (χ1) is 18.6. The Labute approximate surface area is 222 Å². The number of benzene rings is 2. The minimum absolute atomic E-state index is 0.0400. The second kappa shape index (κ2) is 10.6. The highest BCUT2D eigenvalue weighted by atomic mass is 19.1.